The first-order chi connectivity index (χ1) is 11.2. The number of nitrogens with one attached hydrogen (secondary N) is 1. The van der Waals surface area contributed by atoms with Gasteiger partial charge in [-0.25, -0.2) is 0 Å². The van der Waals surface area contributed by atoms with Gasteiger partial charge < -0.3 is 10.4 Å². The van der Waals surface area contributed by atoms with Gasteiger partial charge in [0.2, 0.25) is 5.91 Å². The maximum absolute atomic E-state index is 11.9. The van der Waals surface area contributed by atoms with Crippen molar-refractivity contribution in [3.05, 3.63) is 72.3 Å². The van der Waals surface area contributed by atoms with Crippen molar-refractivity contribution in [2.45, 2.75) is 5.75 Å². The summed E-state index contributed by atoms with van der Waals surface area (Å²) in [6, 6.07) is 21.3. The van der Waals surface area contributed by atoms with Crippen LogP contribution in [0.2, 0.25) is 0 Å². The highest BCUT2D eigenvalue weighted by Crippen LogP contribution is 2.22. The van der Waals surface area contributed by atoms with Crippen LogP contribution in [0, 0.1) is 0 Å². The molecule has 23 heavy (non-hydrogen) atoms. The summed E-state index contributed by atoms with van der Waals surface area (Å²) < 4.78 is 0. The average molecular weight is 323 g/mol. The Bertz CT molecular complexity index is 832. The largest absolute Gasteiger partial charge is 0.506 e. The van der Waals surface area contributed by atoms with Gasteiger partial charge in [-0.15, -0.1) is 11.8 Å². The third-order valence-electron chi connectivity index (χ3n) is 3.49. The summed E-state index contributed by atoms with van der Waals surface area (Å²) in [5, 5.41) is 14.8. The molecule has 1 amide bonds. The van der Waals surface area contributed by atoms with E-state index in [1.807, 2.05) is 12.1 Å². The van der Waals surface area contributed by atoms with Crippen molar-refractivity contribution < 1.29 is 9.90 Å². The number of benzene rings is 3. The maximum atomic E-state index is 11.9. The molecular weight excluding hydrogens is 306 g/mol. The van der Waals surface area contributed by atoms with Gasteiger partial charge in [-0.1, -0.05) is 54.6 Å². The normalized spacial score (nSPS) is 10.6. The van der Waals surface area contributed by atoms with E-state index in [2.05, 4.69) is 35.6 Å². The van der Waals surface area contributed by atoms with Crippen molar-refractivity contribution in [2.24, 2.45) is 0 Å². The van der Waals surface area contributed by atoms with E-state index >= 15 is 0 Å². The summed E-state index contributed by atoms with van der Waals surface area (Å²) >= 11 is 1.55. The molecule has 0 aliphatic rings. The van der Waals surface area contributed by atoms with Gasteiger partial charge in [0.1, 0.15) is 5.75 Å². The number of amides is 1. The fourth-order valence-electron chi connectivity index (χ4n) is 2.36. The molecular formula is C19H17NO2S. The SMILES string of the molecule is O=C(CSCc1ccc2ccccc2c1)Nc1ccccc1O. The Kier molecular flexibility index (Phi) is 4.83. The summed E-state index contributed by atoms with van der Waals surface area (Å²) in [5.74, 6) is 1.10. The predicted octanol–water partition coefficient (Wildman–Crippen LogP) is 4.42. The second-order valence-electron chi connectivity index (χ2n) is 5.24. The summed E-state index contributed by atoms with van der Waals surface area (Å²) in [4.78, 5) is 11.9. The minimum Gasteiger partial charge on any atom is -0.506 e. The van der Waals surface area contributed by atoms with E-state index in [4.69, 9.17) is 0 Å². The number of carbonyl (C=O) groups excluding carboxylic acids is 1. The molecule has 0 radical (unpaired) electrons. The van der Waals surface area contributed by atoms with Gasteiger partial charge in [0.05, 0.1) is 11.4 Å². The standard InChI is InChI=1S/C19H17NO2S/c21-18-8-4-3-7-17(18)20-19(22)13-23-12-14-9-10-15-5-1-2-6-16(15)11-14/h1-11,21H,12-13H2,(H,20,22). The topological polar surface area (TPSA) is 49.3 Å². The number of aromatic hydroxyl groups is 1. The highest BCUT2D eigenvalue weighted by molar-refractivity contribution is 7.99. The first kappa shape index (κ1) is 15.4. The Morgan fingerprint density at radius 1 is 0.957 bits per heavy atom. The fourth-order valence-corrected chi connectivity index (χ4v) is 3.13. The first-order valence-electron chi connectivity index (χ1n) is 7.35. The number of phenols is 1. The quantitative estimate of drug-likeness (QED) is 0.684. The zero-order valence-corrected chi connectivity index (χ0v) is 13.3. The van der Waals surface area contributed by atoms with E-state index in [0.29, 0.717) is 11.4 Å². The van der Waals surface area contributed by atoms with Crippen LogP contribution in [-0.4, -0.2) is 16.8 Å². The molecule has 0 unspecified atom stereocenters. The Hall–Kier alpha value is -2.46. The van der Waals surface area contributed by atoms with Crippen LogP contribution in [0.5, 0.6) is 5.75 Å². The van der Waals surface area contributed by atoms with Crippen LogP contribution in [0.15, 0.2) is 66.7 Å². The van der Waals surface area contributed by atoms with Gasteiger partial charge in [-0.05, 0) is 28.5 Å². The summed E-state index contributed by atoms with van der Waals surface area (Å²) in [6.45, 7) is 0. The van der Waals surface area contributed by atoms with Gasteiger partial charge in [0, 0.05) is 5.75 Å². The number of fused-ring (bicyclic) bond motifs is 1. The average Bonchev–Trinajstić information content (AvgIpc) is 2.57. The molecule has 116 valence electrons. The molecule has 0 heterocycles. The van der Waals surface area contributed by atoms with Crippen molar-refractivity contribution in [3.8, 4) is 5.75 Å². The Morgan fingerprint density at radius 2 is 1.70 bits per heavy atom. The van der Waals surface area contributed by atoms with Crippen molar-refractivity contribution in [1.82, 2.24) is 0 Å². The third kappa shape index (κ3) is 4.05. The van der Waals surface area contributed by atoms with Crippen molar-refractivity contribution in [2.75, 3.05) is 11.1 Å². The van der Waals surface area contributed by atoms with Gasteiger partial charge in [0.15, 0.2) is 0 Å². The van der Waals surface area contributed by atoms with Crippen LogP contribution >= 0.6 is 11.8 Å². The van der Waals surface area contributed by atoms with Crippen molar-refractivity contribution in [3.63, 3.8) is 0 Å². The number of hydrogen-bond donors (Lipinski definition) is 2. The monoisotopic (exact) mass is 323 g/mol. The molecule has 4 heteroatoms. The van der Waals surface area contributed by atoms with Gasteiger partial charge in [-0.2, -0.15) is 0 Å². The van der Waals surface area contributed by atoms with E-state index in [9.17, 15) is 9.90 Å². The maximum Gasteiger partial charge on any atom is 0.234 e. The predicted molar refractivity (Wildman–Crippen MR) is 96.8 cm³/mol. The number of hydrogen-bond acceptors (Lipinski definition) is 3. The minimum atomic E-state index is -0.114. The Morgan fingerprint density at radius 3 is 2.52 bits per heavy atom. The molecule has 0 spiro atoms. The molecule has 0 fully saturated rings. The van der Waals surface area contributed by atoms with E-state index in [0.717, 1.165) is 5.75 Å². The summed E-state index contributed by atoms with van der Waals surface area (Å²) in [5.41, 5.74) is 1.65. The van der Waals surface area contributed by atoms with E-state index in [1.165, 1.54) is 16.3 Å². The molecule has 0 aliphatic heterocycles. The Labute approximate surface area is 139 Å². The zero-order valence-electron chi connectivity index (χ0n) is 12.5. The minimum absolute atomic E-state index is 0.0837. The van der Waals surface area contributed by atoms with Crippen LogP contribution < -0.4 is 5.32 Å². The lowest BCUT2D eigenvalue weighted by atomic mass is 10.1. The number of carbonyl (C=O) groups is 1. The van der Waals surface area contributed by atoms with Crippen molar-refractivity contribution >= 4 is 34.1 Å². The first-order valence-corrected chi connectivity index (χ1v) is 8.51. The molecule has 0 atom stereocenters. The van der Waals surface area contributed by atoms with Gasteiger partial charge >= 0.3 is 0 Å². The number of rotatable bonds is 5. The number of thioether (sulfide) groups is 1. The number of phenolic OH excluding ortho intramolecular Hbond substituents is 1. The number of para-hydroxylation sites is 2. The molecule has 3 aromatic rings. The van der Waals surface area contributed by atoms with E-state index < -0.39 is 0 Å². The van der Waals surface area contributed by atoms with E-state index in [1.54, 1.807) is 36.0 Å². The van der Waals surface area contributed by atoms with Crippen molar-refractivity contribution in [1.29, 1.82) is 0 Å². The lowest BCUT2D eigenvalue weighted by Gasteiger charge is -2.07. The second-order valence-corrected chi connectivity index (χ2v) is 6.23. The zero-order chi connectivity index (χ0) is 16.1. The molecule has 0 aromatic heterocycles. The molecule has 0 bridgehead atoms. The lowest BCUT2D eigenvalue weighted by molar-refractivity contribution is -0.113. The van der Waals surface area contributed by atoms with Crippen LogP contribution in [0.1, 0.15) is 5.56 Å². The molecule has 0 saturated carbocycles. The Balaban J connectivity index is 1.54. The smallest absolute Gasteiger partial charge is 0.234 e. The van der Waals surface area contributed by atoms with E-state index in [-0.39, 0.29) is 11.7 Å². The fraction of sp³-hybridized carbons (Fsp3) is 0.105. The third-order valence-corrected chi connectivity index (χ3v) is 4.50. The highest BCUT2D eigenvalue weighted by Gasteiger charge is 2.06. The molecule has 0 aliphatic carbocycles. The van der Waals surface area contributed by atoms with Gasteiger partial charge in [0.25, 0.3) is 0 Å². The molecule has 0 saturated heterocycles. The van der Waals surface area contributed by atoms with Crippen LogP contribution in [-0.2, 0) is 10.5 Å². The highest BCUT2D eigenvalue weighted by atomic mass is 32.2. The molecule has 3 nitrogen and oxygen atoms in total. The summed E-state index contributed by atoms with van der Waals surface area (Å²) in [7, 11) is 0. The number of anilines is 1. The summed E-state index contributed by atoms with van der Waals surface area (Å²) in [6.07, 6.45) is 0. The van der Waals surface area contributed by atoms with Crippen LogP contribution in [0.4, 0.5) is 5.69 Å². The molecule has 2 N–H and O–H groups in total. The molecule has 3 aromatic carbocycles. The van der Waals surface area contributed by atoms with Crippen LogP contribution in [0.25, 0.3) is 10.8 Å². The second kappa shape index (κ2) is 7.20. The molecule has 3 rings (SSSR count). The van der Waals surface area contributed by atoms with Gasteiger partial charge in [-0.3, -0.25) is 4.79 Å². The van der Waals surface area contributed by atoms with Crippen LogP contribution in [0.3, 0.4) is 0 Å². The lowest BCUT2D eigenvalue weighted by Crippen LogP contribution is -2.14.